The number of hydrogen-bond acceptors (Lipinski definition) is 14. The van der Waals surface area contributed by atoms with Crippen LogP contribution >= 0.6 is 125 Å². The average molecular weight is 1900 g/mol. The number of rotatable bonds is 11. The number of halogens is 12. The molecule has 1 saturated heterocycles. The van der Waals surface area contributed by atoms with Crippen LogP contribution in [0, 0.1) is 24.6 Å². The van der Waals surface area contributed by atoms with E-state index < -0.39 is 87.6 Å². The second-order valence-corrected chi connectivity index (χ2v) is 38.6. The fourth-order valence-corrected chi connectivity index (χ4v) is 16.0. The molecule has 0 bridgehead atoms. The van der Waals surface area contributed by atoms with Gasteiger partial charge in [-0.25, -0.2) is 48.0 Å². The highest BCUT2D eigenvalue weighted by Crippen LogP contribution is 2.45. The molecule has 17 nitrogen and oxygen atoms in total. The number of carbonyl (C=O) groups is 2. The number of methoxy groups -OCH3 is 1. The third-order valence-corrected chi connectivity index (χ3v) is 26.2. The number of fused-ring (bicyclic) bond motifs is 2. The molecule has 108 heavy (non-hydrogen) atoms. The molecule has 574 valence electrons. The van der Waals surface area contributed by atoms with Crippen LogP contribution in [-0.2, 0) is 59.4 Å². The minimum absolute atomic E-state index is 0.0240. The maximum absolute atomic E-state index is 14.8. The lowest BCUT2D eigenvalue weighted by molar-refractivity contribution is 0.00578. The number of anilines is 3. The summed E-state index contributed by atoms with van der Waals surface area (Å²) in [6.07, 6.45) is 3.11. The van der Waals surface area contributed by atoms with Crippen molar-refractivity contribution >= 4 is 218 Å². The second-order valence-electron chi connectivity index (χ2n) is 28.1. The SMILES string of the molecule is CC(C)(C)c1ccc(S(=O)(=O)Cl)cc1F.CC(C)(C)c1ccc(S(=O)(=O)Nc2ccc(Cl)c(Cl)c2-c2ccc(C(=O)O)c3ncccc23)cc1F.CC(C)(C)c1ccc(S(=O)(=O)Nc2ccc(Cl)c(Cl)c2I)cc1F.COC(=O)c1ccc(B2OC(C)(C)C(C)(C)O2)c2cccnc12.Nc1ccc(Cl)c(Cl)c1I. The Balaban J connectivity index is 0.000000199. The minimum Gasteiger partial charge on any atom is -0.478 e. The van der Waals surface area contributed by atoms with Crippen molar-refractivity contribution in [3.05, 3.63) is 234 Å². The van der Waals surface area contributed by atoms with Gasteiger partial charge in [-0.05, 0) is 214 Å². The van der Waals surface area contributed by atoms with Crippen LogP contribution < -0.4 is 20.6 Å². The molecule has 1 fully saturated rings. The van der Waals surface area contributed by atoms with Crippen molar-refractivity contribution in [2.75, 3.05) is 22.3 Å². The lowest BCUT2D eigenvalue weighted by atomic mass is 9.76. The zero-order valence-corrected chi connectivity index (χ0v) is 72.2. The quantitative estimate of drug-likeness (QED) is 0.0234. The van der Waals surface area contributed by atoms with Crippen molar-refractivity contribution in [1.29, 1.82) is 0 Å². The molecular formula is C75H72BCl7F3I2N5O12S3. The molecule has 33 heteroatoms. The Morgan fingerprint density at radius 2 is 0.935 bits per heavy atom. The molecule has 1 aliphatic heterocycles. The number of carboxylic acid groups (broad SMARTS) is 1. The number of pyridine rings is 2. The van der Waals surface area contributed by atoms with Gasteiger partial charge in [0.1, 0.15) is 17.5 Å². The molecule has 0 spiro atoms. The minimum atomic E-state index is -4.23. The van der Waals surface area contributed by atoms with Crippen LogP contribution in [-0.4, -0.2) is 77.7 Å². The highest BCUT2D eigenvalue weighted by atomic mass is 127. The van der Waals surface area contributed by atoms with Crippen LogP contribution in [0.4, 0.5) is 30.2 Å². The maximum atomic E-state index is 14.8. The number of nitrogens with one attached hydrogen (secondary N) is 2. The zero-order chi connectivity index (χ0) is 81.1. The molecule has 0 atom stereocenters. The van der Waals surface area contributed by atoms with Gasteiger partial charge in [0.2, 0.25) is 0 Å². The molecule has 11 rings (SSSR count). The monoisotopic (exact) mass is 1900 g/mol. The summed E-state index contributed by atoms with van der Waals surface area (Å²) >= 11 is 40.1. The fraction of sp³-hybridized carbons (Fsp3) is 0.253. The zero-order valence-electron chi connectivity index (χ0n) is 60.2. The summed E-state index contributed by atoms with van der Waals surface area (Å²) in [4.78, 5) is 31.5. The summed E-state index contributed by atoms with van der Waals surface area (Å²) in [5.74, 6) is -3.32. The molecule has 0 unspecified atom stereocenters. The van der Waals surface area contributed by atoms with Crippen LogP contribution in [0.15, 0.2) is 167 Å². The van der Waals surface area contributed by atoms with Crippen molar-refractivity contribution in [2.24, 2.45) is 0 Å². The maximum Gasteiger partial charge on any atom is 0.495 e. The lowest BCUT2D eigenvalue weighted by Gasteiger charge is -2.32. The van der Waals surface area contributed by atoms with Gasteiger partial charge < -0.3 is 24.9 Å². The van der Waals surface area contributed by atoms with E-state index in [9.17, 15) is 53.1 Å². The van der Waals surface area contributed by atoms with E-state index in [1.165, 1.54) is 86.1 Å². The van der Waals surface area contributed by atoms with Gasteiger partial charge in [-0.2, -0.15) is 0 Å². The van der Waals surface area contributed by atoms with Gasteiger partial charge in [-0.1, -0.05) is 174 Å². The first-order valence-electron chi connectivity index (χ1n) is 32.1. The summed E-state index contributed by atoms with van der Waals surface area (Å²) in [6, 6.07) is 34.1. The van der Waals surface area contributed by atoms with E-state index in [-0.39, 0.29) is 63.2 Å². The Morgan fingerprint density at radius 3 is 1.37 bits per heavy atom. The summed E-state index contributed by atoms with van der Waals surface area (Å²) in [7, 11) is -6.08. The van der Waals surface area contributed by atoms with E-state index in [0.717, 1.165) is 32.6 Å². The molecular weight excluding hydrogens is 1830 g/mol. The topological polar surface area (TPSA) is 260 Å². The van der Waals surface area contributed by atoms with Gasteiger partial charge in [-0.3, -0.25) is 19.4 Å². The van der Waals surface area contributed by atoms with Gasteiger partial charge in [0, 0.05) is 45.1 Å². The summed E-state index contributed by atoms with van der Waals surface area (Å²) in [5.41, 5.74) is 8.44. The molecule has 3 heterocycles. The normalized spacial score (nSPS) is 13.5. The number of ether oxygens (including phenoxy) is 1. The standard InChI is InChI=1S/C26H21Cl2FN2O4S.C17H20BNO4.C16H15Cl2FINO2S.C10H12ClFO2S.C6H4Cl2IN/c1-26(2,3)18-9-6-14(13-20(18)29)36(34,35)31-21-11-10-19(27)23(28)22(21)15-7-8-17(25(32)33)24-16(15)5-4-12-30-24;1-16(2)17(3,4)23-18(22-16)13-9-8-12(15(20)21-5)14-11(13)7-6-10-19-14;1-16(2,3)10-5-4-9(8-12(10)19)24(22,23)21-13-7-6-11(17)14(18)15(13)20;1-10(2,3)8-5-4-7(6-9(8)12)15(11,13)14;7-3-1-2-4(10)6(9)5(3)8/h4-13,31H,1-3H3,(H,32,33);6-10H,1-5H3;4-8,21H,1-3H3;4-6H,1-3H3;1-2H,10H2. The average Bonchev–Trinajstić information content (AvgIpc) is 1.40. The number of esters is 1. The molecule has 0 aliphatic carbocycles. The predicted octanol–water partition coefficient (Wildman–Crippen LogP) is 21.5. The Bertz CT molecular complexity index is 5460. The molecule has 5 N–H and O–H groups in total. The van der Waals surface area contributed by atoms with Gasteiger partial charge in [0.25, 0.3) is 29.1 Å². The number of benzene rings is 8. The largest absolute Gasteiger partial charge is 0.495 e. The van der Waals surface area contributed by atoms with E-state index in [1.54, 1.807) is 36.5 Å². The number of nitrogens with zero attached hydrogens (tertiary/aromatic N) is 2. The number of sulfonamides is 2. The van der Waals surface area contributed by atoms with E-state index in [2.05, 4.69) is 42.0 Å². The highest BCUT2D eigenvalue weighted by molar-refractivity contribution is 14.1. The number of nitrogen functional groups attached to an aromatic ring is 1. The molecule has 10 aromatic rings. The predicted molar refractivity (Wildman–Crippen MR) is 446 cm³/mol. The van der Waals surface area contributed by atoms with Gasteiger partial charge in [0.15, 0.2) is 0 Å². The van der Waals surface area contributed by atoms with E-state index >= 15 is 0 Å². The number of nitrogens with two attached hydrogens (primary N) is 1. The van der Waals surface area contributed by atoms with E-state index in [1.807, 2.05) is 131 Å². The number of aromatic carboxylic acids is 1. The molecule has 0 saturated carbocycles. The summed E-state index contributed by atoms with van der Waals surface area (Å²) in [6.45, 7) is 24.6. The highest BCUT2D eigenvalue weighted by Gasteiger charge is 2.52. The Morgan fingerprint density at radius 1 is 0.537 bits per heavy atom. The second kappa shape index (κ2) is 35.0. The van der Waals surface area contributed by atoms with Crippen molar-refractivity contribution in [1.82, 2.24) is 9.97 Å². The van der Waals surface area contributed by atoms with Crippen molar-refractivity contribution < 1.29 is 67.2 Å². The molecule has 1 aliphatic rings. The third-order valence-electron chi connectivity index (χ3n) is 16.8. The summed E-state index contributed by atoms with van der Waals surface area (Å²) in [5, 5.41) is 12.7. The smallest absolute Gasteiger partial charge is 0.478 e. The Labute approximate surface area is 688 Å². The van der Waals surface area contributed by atoms with Crippen molar-refractivity contribution in [3.8, 4) is 11.1 Å². The van der Waals surface area contributed by atoms with E-state index in [4.69, 9.17) is 100 Å². The molecule has 2 aromatic heterocycles. The molecule has 0 radical (unpaired) electrons. The summed E-state index contributed by atoms with van der Waals surface area (Å²) < 4.78 is 139. The Kier molecular flexibility index (Phi) is 28.9. The Hall–Kier alpha value is -5.97. The first kappa shape index (κ1) is 89.2. The number of hydrogen-bond donors (Lipinski definition) is 4. The van der Waals surface area contributed by atoms with Gasteiger partial charge in [-0.15, -0.1) is 0 Å². The molecule has 8 aromatic carbocycles. The lowest BCUT2D eigenvalue weighted by Crippen LogP contribution is -2.41. The van der Waals surface area contributed by atoms with Gasteiger partial charge >= 0.3 is 19.1 Å². The van der Waals surface area contributed by atoms with Gasteiger partial charge in [0.05, 0.1) is 104 Å². The fourth-order valence-electron chi connectivity index (χ4n) is 10.5. The van der Waals surface area contributed by atoms with Crippen LogP contribution in [0.25, 0.3) is 32.9 Å². The van der Waals surface area contributed by atoms with Crippen molar-refractivity contribution in [2.45, 2.75) is 132 Å². The first-order valence-corrected chi connectivity index (χ1v) is 41.8. The van der Waals surface area contributed by atoms with E-state index in [0.29, 0.717) is 63.0 Å². The number of carbonyl (C=O) groups excluding carboxylic acids is 1. The first-order chi connectivity index (χ1) is 49.8. The number of carboxylic acids is 1. The third kappa shape index (κ3) is 21.2. The van der Waals surface area contributed by atoms with Crippen LogP contribution in [0.1, 0.15) is 127 Å². The number of aromatic nitrogens is 2. The molecule has 0 amide bonds. The van der Waals surface area contributed by atoms with Crippen LogP contribution in [0.3, 0.4) is 0 Å². The van der Waals surface area contributed by atoms with Crippen LogP contribution in [0.5, 0.6) is 0 Å². The van der Waals surface area contributed by atoms with Crippen LogP contribution in [0.2, 0.25) is 30.1 Å². The van der Waals surface area contributed by atoms with Crippen molar-refractivity contribution in [3.63, 3.8) is 0 Å².